The van der Waals surface area contributed by atoms with Crippen LogP contribution >= 0.6 is 11.6 Å². The first-order chi connectivity index (χ1) is 8.41. The maximum absolute atomic E-state index is 11.8. The van der Waals surface area contributed by atoms with Crippen molar-refractivity contribution >= 4 is 17.5 Å². The molecule has 4 nitrogen and oxygen atoms in total. The first kappa shape index (κ1) is 14.8. The summed E-state index contributed by atoms with van der Waals surface area (Å²) in [5, 5.41) is 12.3. The lowest BCUT2D eigenvalue weighted by Gasteiger charge is -2.20. The van der Waals surface area contributed by atoms with Crippen LogP contribution in [-0.4, -0.2) is 42.1 Å². The van der Waals surface area contributed by atoms with Gasteiger partial charge < -0.3 is 15.3 Å². The van der Waals surface area contributed by atoms with Gasteiger partial charge in [-0.1, -0.05) is 11.6 Å². The van der Waals surface area contributed by atoms with E-state index in [1.807, 2.05) is 7.05 Å². The molecule has 0 aromatic heterocycles. The van der Waals surface area contributed by atoms with Crippen molar-refractivity contribution in [3.05, 3.63) is 28.8 Å². The Morgan fingerprint density at radius 2 is 2.17 bits per heavy atom. The Morgan fingerprint density at radius 1 is 1.50 bits per heavy atom. The third-order valence-electron chi connectivity index (χ3n) is 2.84. The first-order valence-corrected chi connectivity index (χ1v) is 6.26. The lowest BCUT2D eigenvalue weighted by atomic mass is 10.2. The molecule has 0 unspecified atom stereocenters. The van der Waals surface area contributed by atoms with E-state index < -0.39 is 0 Å². The predicted molar refractivity (Wildman–Crippen MR) is 73.2 cm³/mol. The van der Waals surface area contributed by atoms with Crippen LogP contribution < -0.4 is 5.32 Å². The SMILES string of the molecule is CC(C)N(C)CCNC(=O)c1ccc(O)c(Cl)c1. The number of phenolic OH excluding ortho intramolecular Hbond substituents is 1. The Morgan fingerprint density at radius 3 is 2.72 bits per heavy atom. The van der Waals surface area contributed by atoms with Crippen molar-refractivity contribution in [2.24, 2.45) is 0 Å². The van der Waals surface area contributed by atoms with Crippen LogP contribution in [0.5, 0.6) is 5.75 Å². The van der Waals surface area contributed by atoms with Gasteiger partial charge in [0.15, 0.2) is 0 Å². The number of rotatable bonds is 5. The van der Waals surface area contributed by atoms with Crippen molar-refractivity contribution in [2.45, 2.75) is 19.9 Å². The molecule has 100 valence electrons. The highest BCUT2D eigenvalue weighted by atomic mass is 35.5. The number of aromatic hydroxyl groups is 1. The molecule has 0 saturated heterocycles. The van der Waals surface area contributed by atoms with E-state index in [9.17, 15) is 9.90 Å². The predicted octanol–water partition coefficient (Wildman–Crippen LogP) is 2.12. The van der Waals surface area contributed by atoms with E-state index in [2.05, 4.69) is 24.1 Å². The highest BCUT2D eigenvalue weighted by Gasteiger charge is 2.08. The third kappa shape index (κ3) is 4.20. The monoisotopic (exact) mass is 270 g/mol. The maximum atomic E-state index is 11.8. The van der Waals surface area contributed by atoms with Gasteiger partial charge in [0.05, 0.1) is 5.02 Å². The molecule has 0 aliphatic heterocycles. The molecular formula is C13H19ClN2O2. The van der Waals surface area contributed by atoms with Crippen molar-refractivity contribution in [3.8, 4) is 5.75 Å². The van der Waals surface area contributed by atoms with Gasteiger partial charge in [0.2, 0.25) is 0 Å². The minimum absolute atomic E-state index is 0.0206. The van der Waals surface area contributed by atoms with Gasteiger partial charge in [-0.15, -0.1) is 0 Å². The molecule has 0 fully saturated rings. The molecule has 18 heavy (non-hydrogen) atoms. The third-order valence-corrected chi connectivity index (χ3v) is 3.14. The van der Waals surface area contributed by atoms with E-state index in [0.29, 0.717) is 18.2 Å². The van der Waals surface area contributed by atoms with Gasteiger partial charge in [0.25, 0.3) is 5.91 Å². The van der Waals surface area contributed by atoms with Crippen LogP contribution in [0.25, 0.3) is 0 Å². The summed E-state index contributed by atoms with van der Waals surface area (Å²) < 4.78 is 0. The van der Waals surface area contributed by atoms with Gasteiger partial charge in [0.1, 0.15) is 5.75 Å². The molecule has 0 aliphatic carbocycles. The van der Waals surface area contributed by atoms with Crippen LogP contribution in [0.3, 0.4) is 0 Å². The topological polar surface area (TPSA) is 52.6 Å². The molecule has 0 aliphatic rings. The molecule has 0 radical (unpaired) electrons. The Balaban J connectivity index is 2.48. The second-order valence-electron chi connectivity index (χ2n) is 4.50. The normalized spacial score (nSPS) is 11.0. The van der Waals surface area contributed by atoms with Crippen molar-refractivity contribution in [1.29, 1.82) is 0 Å². The minimum Gasteiger partial charge on any atom is -0.506 e. The number of carbonyl (C=O) groups is 1. The summed E-state index contributed by atoms with van der Waals surface area (Å²) in [6, 6.07) is 4.86. The minimum atomic E-state index is -0.186. The van der Waals surface area contributed by atoms with Gasteiger partial charge in [0, 0.05) is 24.7 Å². The van der Waals surface area contributed by atoms with Gasteiger partial charge in [-0.3, -0.25) is 4.79 Å². The number of hydrogen-bond donors (Lipinski definition) is 2. The van der Waals surface area contributed by atoms with E-state index in [0.717, 1.165) is 6.54 Å². The summed E-state index contributed by atoms with van der Waals surface area (Å²) in [5.74, 6) is -0.207. The smallest absolute Gasteiger partial charge is 0.251 e. The van der Waals surface area contributed by atoms with E-state index in [-0.39, 0.29) is 16.7 Å². The Hall–Kier alpha value is -1.26. The van der Waals surface area contributed by atoms with Gasteiger partial charge >= 0.3 is 0 Å². The maximum Gasteiger partial charge on any atom is 0.251 e. The quantitative estimate of drug-likeness (QED) is 0.862. The van der Waals surface area contributed by atoms with Crippen LogP contribution in [0, 0.1) is 0 Å². The summed E-state index contributed by atoms with van der Waals surface area (Å²) in [5.41, 5.74) is 0.449. The standard InChI is InChI=1S/C13H19ClN2O2/c1-9(2)16(3)7-6-15-13(18)10-4-5-12(17)11(14)8-10/h4-5,8-9,17H,6-7H2,1-3H3,(H,15,18). The molecule has 1 rings (SSSR count). The van der Waals surface area contributed by atoms with Gasteiger partial charge in [-0.05, 0) is 39.1 Å². The van der Waals surface area contributed by atoms with E-state index >= 15 is 0 Å². The summed E-state index contributed by atoms with van der Waals surface area (Å²) in [7, 11) is 2.01. The molecule has 0 atom stereocenters. The fourth-order valence-electron chi connectivity index (χ4n) is 1.35. The summed E-state index contributed by atoms with van der Waals surface area (Å²) in [4.78, 5) is 13.9. The number of nitrogens with zero attached hydrogens (tertiary/aromatic N) is 1. The van der Waals surface area contributed by atoms with Gasteiger partial charge in [-0.25, -0.2) is 0 Å². The van der Waals surface area contributed by atoms with E-state index in [4.69, 9.17) is 11.6 Å². The van der Waals surface area contributed by atoms with E-state index in [1.54, 1.807) is 6.07 Å². The zero-order valence-electron chi connectivity index (χ0n) is 10.9. The van der Waals surface area contributed by atoms with Crippen molar-refractivity contribution < 1.29 is 9.90 Å². The molecule has 0 spiro atoms. The van der Waals surface area contributed by atoms with Crippen LogP contribution in [0.15, 0.2) is 18.2 Å². The van der Waals surface area contributed by atoms with Crippen LogP contribution in [-0.2, 0) is 0 Å². The summed E-state index contributed by atoms with van der Waals surface area (Å²) in [6.45, 7) is 5.56. The number of nitrogens with one attached hydrogen (secondary N) is 1. The van der Waals surface area contributed by atoms with Crippen LogP contribution in [0.1, 0.15) is 24.2 Å². The molecule has 1 aromatic rings. The number of halogens is 1. The average molecular weight is 271 g/mol. The molecule has 2 N–H and O–H groups in total. The highest BCUT2D eigenvalue weighted by molar-refractivity contribution is 6.32. The van der Waals surface area contributed by atoms with Crippen molar-refractivity contribution in [3.63, 3.8) is 0 Å². The second-order valence-corrected chi connectivity index (χ2v) is 4.90. The lowest BCUT2D eigenvalue weighted by molar-refractivity contribution is 0.0948. The largest absolute Gasteiger partial charge is 0.506 e. The summed E-state index contributed by atoms with van der Waals surface area (Å²) in [6.07, 6.45) is 0. The van der Waals surface area contributed by atoms with Crippen LogP contribution in [0.2, 0.25) is 5.02 Å². The number of carbonyl (C=O) groups excluding carboxylic acids is 1. The number of benzene rings is 1. The molecule has 0 heterocycles. The Kier molecular flexibility index (Phi) is 5.44. The number of likely N-dealkylation sites (N-methyl/N-ethyl adjacent to an activating group) is 1. The zero-order valence-corrected chi connectivity index (χ0v) is 11.7. The molecular weight excluding hydrogens is 252 g/mol. The van der Waals surface area contributed by atoms with Gasteiger partial charge in [-0.2, -0.15) is 0 Å². The molecule has 1 aromatic carbocycles. The first-order valence-electron chi connectivity index (χ1n) is 5.88. The summed E-state index contributed by atoms with van der Waals surface area (Å²) >= 11 is 5.75. The fourth-order valence-corrected chi connectivity index (χ4v) is 1.53. The Bertz CT molecular complexity index is 421. The second kappa shape index (κ2) is 6.61. The average Bonchev–Trinajstić information content (AvgIpc) is 2.32. The highest BCUT2D eigenvalue weighted by Crippen LogP contribution is 2.23. The lowest BCUT2D eigenvalue weighted by Crippen LogP contribution is -2.36. The van der Waals surface area contributed by atoms with Crippen molar-refractivity contribution in [1.82, 2.24) is 10.2 Å². The number of hydrogen-bond acceptors (Lipinski definition) is 3. The molecule has 1 amide bonds. The number of amides is 1. The molecule has 0 saturated carbocycles. The van der Waals surface area contributed by atoms with E-state index in [1.165, 1.54) is 12.1 Å². The van der Waals surface area contributed by atoms with Crippen molar-refractivity contribution in [2.75, 3.05) is 20.1 Å². The fraction of sp³-hybridized carbons (Fsp3) is 0.462. The molecule has 5 heteroatoms. The zero-order chi connectivity index (χ0) is 13.7. The number of phenols is 1. The molecule has 0 bridgehead atoms. The Labute approximate surface area is 113 Å². The van der Waals surface area contributed by atoms with Crippen LogP contribution in [0.4, 0.5) is 0 Å².